The van der Waals surface area contributed by atoms with E-state index in [0.717, 1.165) is 24.6 Å². The summed E-state index contributed by atoms with van der Waals surface area (Å²) in [5.74, 6) is 0.369. The molecule has 0 unspecified atom stereocenters. The average molecular weight is 290 g/mol. The molecule has 0 aromatic rings. The summed E-state index contributed by atoms with van der Waals surface area (Å²) in [5.41, 5.74) is 0. The van der Waals surface area contributed by atoms with Crippen LogP contribution in [-0.2, 0) is 14.3 Å². The Morgan fingerprint density at radius 2 is 1.53 bits per heavy atom. The first-order chi connectivity index (χ1) is 9.20. The Hall–Kier alpha value is -0.710. The lowest BCUT2D eigenvalue weighted by atomic mass is 10.1. The van der Waals surface area contributed by atoms with Gasteiger partial charge in [0.05, 0.1) is 0 Å². The molecule has 4 nitrogen and oxygen atoms in total. The molecule has 19 heavy (non-hydrogen) atoms. The molecule has 0 bridgehead atoms. The van der Waals surface area contributed by atoms with E-state index >= 15 is 0 Å². The van der Waals surface area contributed by atoms with Crippen LogP contribution in [0.1, 0.15) is 65.2 Å². The minimum Gasteiger partial charge on any atom is -0.428 e. The molecule has 5 heteroatoms. The molecule has 0 amide bonds. The Bertz CT molecular complexity index is 244. The molecule has 0 fully saturated rings. The van der Waals surface area contributed by atoms with E-state index in [1.807, 2.05) is 6.92 Å². The highest BCUT2D eigenvalue weighted by molar-refractivity contribution is 8.13. The van der Waals surface area contributed by atoms with E-state index in [9.17, 15) is 9.59 Å². The molecule has 112 valence electrons. The quantitative estimate of drug-likeness (QED) is 0.318. The number of thioether (sulfide) groups is 1. The van der Waals surface area contributed by atoms with Crippen LogP contribution in [0.2, 0.25) is 0 Å². The van der Waals surface area contributed by atoms with Crippen molar-refractivity contribution in [2.24, 2.45) is 0 Å². The van der Waals surface area contributed by atoms with Gasteiger partial charge in [-0.2, -0.15) is 0 Å². The summed E-state index contributed by atoms with van der Waals surface area (Å²) >= 11 is 1.06. The minimum absolute atomic E-state index is 0.263. The third-order valence-electron chi connectivity index (χ3n) is 2.64. The molecular formula is C14H26O4S. The van der Waals surface area contributed by atoms with Gasteiger partial charge in [-0.25, -0.2) is 4.79 Å². The van der Waals surface area contributed by atoms with Crippen LogP contribution in [0.5, 0.6) is 0 Å². The Morgan fingerprint density at radius 1 is 0.895 bits per heavy atom. The summed E-state index contributed by atoms with van der Waals surface area (Å²) in [4.78, 5) is 22.3. The maximum absolute atomic E-state index is 11.3. The standard InChI is InChI=1S/C14H26O4S/c1-3-5-6-7-8-9-10-11-13(15)17-12-18-14(16)19-4-2/h3-12H2,1-2H3. The van der Waals surface area contributed by atoms with E-state index in [4.69, 9.17) is 9.47 Å². The second-order valence-electron chi connectivity index (χ2n) is 4.33. The molecule has 0 spiro atoms. The van der Waals surface area contributed by atoms with Crippen molar-refractivity contribution in [3.63, 3.8) is 0 Å². The van der Waals surface area contributed by atoms with Crippen molar-refractivity contribution in [2.45, 2.75) is 65.2 Å². The molecule has 0 aromatic carbocycles. The summed E-state index contributed by atoms with van der Waals surface area (Å²) in [6, 6.07) is 0. The van der Waals surface area contributed by atoms with E-state index in [2.05, 4.69) is 6.92 Å². The molecule has 0 aliphatic carbocycles. The molecule has 0 aliphatic heterocycles. The van der Waals surface area contributed by atoms with Crippen LogP contribution in [-0.4, -0.2) is 23.8 Å². The predicted octanol–water partition coefficient (Wildman–Crippen LogP) is 4.52. The monoisotopic (exact) mass is 290 g/mol. The number of esters is 1. The van der Waals surface area contributed by atoms with Gasteiger partial charge in [-0.15, -0.1) is 0 Å². The number of hydrogen-bond acceptors (Lipinski definition) is 5. The summed E-state index contributed by atoms with van der Waals surface area (Å²) in [6.07, 6.45) is 8.57. The summed E-state index contributed by atoms with van der Waals surface area (Å²) in [5, 5.41) is -0.397. The van der Waals surface area contributed by atoms with Gasteiger partial charge in [0.25, 0.3) is 0 Å². The van der Waals surface area contributed by atoms with Gasteiger partial charge in [-0.3, -0.25) is 4.79 Å². The normalized spacial score (nSPS) is 10.2. The van der Waals surface area contributed by atoms with Gasteiger partial charge in [0, 0.05) is 12.2 Å². The van der Waals surface area contributed by atoms with Crippen LogP contribution >= 0.6 is 11.8 Å². The van der Waals surface area contributed by atoms with Gasteiger partial charge in [-0.05, 0) is 18.2 Å². The van der Waals surface area contributed by atoms with E-state index in [1.54, 1.807) is 0 Å². The second-order valence-corrected chi connectivity index (χ2v) is 5.53. The van der Waals surface area contributed by atoms with Crippen LogP contribution in [0.4, 0.5) is 4.79 Å². The summed E-state index contributed by atoms with van der Waals surface area (Å²) in [7, 11) is 0. The van der Waals surface area contributed by atoms with Gasteiger partial charge in [0.1, 0.15) is 0 Å². The zero-order valence-corrected chi connectivity index (χ0v) is 12.9. The Balaban J connectivity index is 3.28. The van der Waals surface area contributed by atoms with Gasteiger partial charge in [0.2, 0.25) is 6.79 Å². The number of hydrogen-bond donors (Lipinski definition) is 0. The fourth-order valence-electron chi connectivity index (χ4n) is 1.60. The number of rotatable bonds is 11. The van der Waals surface area contributed by atoms with Crippen LogP contribution in [0.15, 0.2) is 0 Å². The van der Waals surface area contributed by atoms with Crippen molar-refractivity contribution < 1.29 is 19.1 Å². The lowest BCUT2D eigenvalue weighted by molar-refractivity contribution is -0.151. The lowest BCUT2D eigenvalue weighted by Gasteiger charge is -2.05. The second kappa shape index (κ2) is 13.7. The first kappa shape index (κ1) is 18.3. The maximum atomic E-state index is 11.3. The van der Waals surface area contributed by atoms with E-state index < -0.39 is 5.30 Å². The fourth-order valence-corrected chi connectivity index (χ4v) is 1.97. The smallest absolute Gasteiger partial charge is 0.370 e. The van der Waals surface area contributed by atoms with Gasteiger partial charge < -0.3 is 9.47 Å². The van der Waals surface area contributed by atoms with Gasteiger partial charge in [0.15, 0.2) is 0 Å². The molecule has 0 saturated heterocycles. The molecule has 0 atom stereocenters. The minimum atomic E-state index is -0.397. The Labute approximate surface area is 120 Å². The molecule has 0 N–H and O–H groups in total. The molecule has 0 aromatic heterocycles. The third kappa shape index (κ3) is 13.5. The van der Waals surface area contributed by atoms with E-state index in [-0.39, 0.29) is 12.8 Å². The van der Waals surface area contributed by atoms with Crippen molar-refractivity contribution in [2.75, 3.05) is 12.5 Å². The van der Waals surface area contributed by atoms with Crippen LogP contribution in [0.25, 0.3) is 0 Å². The van der Waals surface area contributed by atoms with Crippen molar-refractivity contribution in [3.05, 3.63) is 0 Å². The zero-order chi connectivity index (χ0) is 14.3. The SMILES string of the molecule is CCCCCCCCCC(=O)OCOC(=O)SCC. The number of ether oxygens (including phenoxy) is 2. The first-order valence-electron chi connectivity index (χ1n) is 7.15. The van der Waals surface area contributed by atoms with Gasteiger partial charge in [-0.1, -0.05) is 52.4 Å². The largest absolute Gasteiger partial charge is 0.428 e. The molecule has 0 aliphatic rings. The predicted molar refractivity (Wildman–Crippen MR) is 78.2 cm³/mol. The Morgan fingerprint density at radius 3 is 2.16 bits per heavy atom. The summed E-state index contributed by atoms with van der Waals surface area (Å²) < 4.78 is 9.51. The van der Waals surface area contributed by atoms with Crippen molar-refractivity contribution >= 4 is 23.0 Å². The van der Waals surface area contributed by atoms with Gasteiger partial charge >= 0.3 is 11.3 Å². The first-order valence-corrected chi connectivity index (χ1v) is 8.14. The number of carbonyl (C=O) groups is 2. The highest BCUT2D eigenvalue weighted by Crippen LogP contribution is 2.09. The van der Waals surface area contributed by atoms with Crippen molar-refractivity contribution in [3.8, 4) is 0 Å². The molecule has 0 rings (SSSR count). The van der Waals surface area contributed by atoms with Crippen LogP contribution in [0, 0.1) is 0 Å². The third-order valence-corrected chi connectivity index (χ3v) is 3.29. The lowest BCUT2D eigenvalue weighted by Crippen LogP contribution is -2.10. The van der Waals surface area contributed by atoms with Crippen molar-refractivity contribution in [1.82, 2.24) is 0 Å². The van der Waals surface area contributed by atoms with E-state index in [1.165, 1.54) is 32.1 Å². The van der Waals surface area contributed by atoms with Crippen LogP contribution in [0.3, 0.4) is 0 Å². The summed E-state index contributed by atoms with van der Waals surface area (Å²) in [6.45, 7) is 3.79. The number of carbonyl (C=O) groups excluding carboxylic acids is 2. The molecule has 0 saturated carbocycles. The highest BCUT2D eigenvalue weighted by Gasteiger charge is 2.05. The topological polar surface area (TPSA) is 52.6 Å². The maximum Gasteiger partial charge on any atom is 0.370 e. The number of unbranched alkanes of at least 4 members (excludes halogenated alkanes) is 6. The molecule has 0 radical (unpaired) electrons. The molecule has 0 heterocycles. The van der Waals surface area contributed by atoms with E-state index in [0.29, 0.717) is 12.2 Å². The zero-order valence-electron chi connectivity index (χ0n) is 12.1. The highest BCUT2D eigenvalue weighted by atomic mass is 32.2. The molecular weight excluding hydrogens is 264 g/mol. The van der Waals surface area contributed by atoms with Crippen molar-refractivity contribution in [1.29, 1.82) is 0 Å². The van der Waals surface area contributed by atoms with Crippen LogP contribution < -0.4 is 0 Å². The average Bonchev–Trinajstić information content (AvgIpc) is 2.38. The fraction of sp³-hybridized carbons (Fsp3) is 0.857. The Kier molecular flexibility index (Phi) is 13.2.